The van der Waals surface area contributed by atoms with Crippen molar-refractivity contribution in [3.05, 3.63) is 23.9 Å². The Labute approximate surface area is 182 Å². The molecule has 0 unspecified atom stereocenters. The maximum Gasteiger partial charge on any atom is 0.191 e. The summed E-state index contributed by atoms with van der Waals surface area (Å²) in [6, 6.07) is 4.27. The Hall–Kier alpha value is -1.09. The van der Waals surface area contributed by atoms with Crippen LogP contribution in [-0.2, 0) is 6.54 Å². The highest BCUT2D eigenvalue weighted by Crippen LogP contribution is 2.15. The molecule has 1 aliphatic heterocycles. The van der Waals surface area contributed by atoms with E-state index in [4.69, 9.17) is 0 Å². The van der Waals surface area contributed by atoms with Crippen molar-refractivity contribution in [2.45, 2.75) is 46.1 Å². The molecule has 1 fully saturated rings. The number of aliphatic imine (C=N–C) groups is 1. The Kier molecular flexibility index (Phi) is 12.4. The number of likely N-dealkylation sites (N-methyl/N-ethyl adjacent to an activating group) is 1. The Bertz CT molecular complexity index is 543. The predicted octanol–water partition coefficient (Wildman–Crippen LogP) is 3.09. The summed E-state index contributed by atoms with van der Waals surface area (Å²) < 4.78 is 0. The maximum absolute atomic E-state index is 4.57. The first-order chi connectivity index (χ1) is 12.8. The normalized spacial score (nSPS) is 15.4. The zero-order chi connectivity index (χ0) is 18.6. The molecule has 7 heteroatoms. The Morgan fingerprint density at radius 3 is 2.56 bits per heavy atom. The molecule has 0 aromatic carbocycles. The summed E-state index contributed by atoms with van der Waals surface area (Å²) in [5, 5.41) is 6.80. The smallest absolute Gasteiger partial charge is 0.191 e. The van der Waals surface area contributed by atoms with Crippen molar-refractivity contribution >= 4 is 35.8 Å². The Morgan fingerprint density at radius 2 is 1.89 bits per heavy atom. The first-order valence-corrected chi connectivity index (χ1v) is 10.1. The SMILES string of the molecule is CCCCCCNC(=NC)NCc1ccnc(N2CCN(CC)CC2)c1.I. The third-order valence-corrected chi connectivity index (χ3v) is 4.96. The number of piperazine rings is 1. The largest absolute Gasteiger partial charge is 0.356 e. The fraction of sp³-hybridized carbons (Fsp3) is 0.700. The molecule has 2 rings (SSSR count). The van der Waals surface area contributed by atoms with Gasteiger partial charge in [-0.25, -0.2) is 4.98 Å². The fourth-order valence-electron chi connectivity index (χ4n) is 3.20. The number of hydrogen-bond donors (Lipinski definition) is 2. The monoisotopic (exact) mass is 488 g/mol. The topological polar surface area (TPSA) is 55.8 Å². The van der Waals surface area contributed by atoms with Gasteiger partial charge in [-0.3, -0.25) is 4.99 Å². The lowest BCUT2D eigenvalue weighted by atomic mass is 10.2. The van der Waals surface area contributed by atoms with Crippen molar-refractivity contribution in [1.82, 2.24) is 20.5 Å². The standard InChI is InChI=1S/C20H36N6.HI/c1-4-6-7-8-10-23-20(21-3)24-17-18-9-11-22-19(16-18)26-14-12-25(5-2)13-15-26;/h9,11,16H,4-8,10,12-15,17H2,1-3H3,(H2,21,23,24);1H. The number of hydrogen-bond acceptors (Lipinski definition) is 4. The van der Waals surface area contributed by atoms with E-state index >= 15 is 0 Å². The minimum atomic E-state index is 0. The average Bonchev–Trinajstić information content (AvgIpc) is 2.70. The minimum absolute atomic E-state index is 0. The van der Waals surface area contributed by atoms with Gasteiger partial charge in [0, 0.05) is 52.5 Å². The lowest BCUT2D eigenvalue weighted by Crippen LogP contribution is -2.46. The third kappa shape index (κ3) is 8.64. The van der Waals surface area contributed by atoms with Gasteiger partial charge in [-0.1, -0.05) is 33.1 Å². The van der Waals surface area contributed by atoms with E-state index in [0.29, 0.717) is 0 Å². The van der Waals surface area contributed by atoms with Gasteiger partial charge in [-0.2, -0.15) is 0 Å². The molecule has 1 aromatic heterocycles. The predicted molar refractivity (Wildman–Crippen MR) is 126 cm³/mol. The third-order valence-electron chi connectivity index (χ3n) is 4.96. The zero-order valence-electron chi connectivity index (χ0n) is 17.2. The highest BCUT2D eigenvalue weighted by molar-refractivity contribution is 14.0. The van der Waals surface area contributed by atoms with Crippen LogP contribution >= 0.6 is 24.0 Å². The summed E-state index contributed by atoms with van der Waals surface area (Å²) in [5.41, 5.74) is 1.24. The van der Waals surface area contributed by atoms with Crippen LogP contribution in [0, 0.1) is 0 Å². The molecule has 0 bridgehead atoms. The molecule has 0 amide bonds. The van der Waals surface area contributed by atoms with Crippen molar-refractivity contribution in [2.75, 3.05) is 51.2 Å². The van der Waals surface area contributed by atoms with E-state index in [1.807, 2.05) is 13.2 Å². The molecule has 0 atom stereocenters. The minimum Gasteiger partial charge on any atom is -0.356 e. The summed E-state index contributed by atoms with van der Waals surface area (Å²) in [6.45, 7) is 11.7. The van der Waals surface area contributed by atoms with Crippen LogP contribution < -0.4 is 15.5 Å². The molecular formula is C20H37IN6. The molecule has 0 spiro atoms. The first-order valence-electron chi connectivity index (χ1n) is 10.1. The number of nitrogens with zero attached hydrogens (tertiary/aromatic N) is 4. The van der Waals surface area contributed by atoms with Gasteiger partial charge in [-0.15, -0.1) is 24.0 Å². The van der Waals surface area contributed by atoms with E-state index in [1.54, 1.807) is 0 Å². The lowest BCUT2D eigenvalue weighted by molar-refractivity contribution is 0.270. The van der Waals surface area contributed by atoms with Gasteiger partial charge in [-0.05, 0) is 30.7 Å². The van der Waals surface area contributed by atoms with Crippen LogP contribution in [0.15, 0.2) is 23.3 Å². The van der Waals surface area contributed by atoms with E-state index < -0.39 is 0 Å². The van der Waals surface area contributed by atoms with Crippen molar-refractivity contribution in [3.8, 4) is 0 Å². The number of pyridine rings is 1. The Balaban J connectivity index is 0.00000364. The summed E-state index contributed by atoms with van der Waals surface area (Å²) in [7, 11) is 1.83. The van der Waals surface area contributed by atoms with Crippen LogP contribution in [0.3, 0.4) is 0 Å². The maximum atomic E-state index is 4.57. The van der Waals surface area contributed by atoms with E-state index in [1.165, 1.54) is 31.2 Å². The number of guanidine groups is 1. The highest BCUT2D eigenvalue weighted by Gasteiger charge is 2.16. The molecule has 27 heavy (non-hydrogen) atoms. The van der Waals surface area contributed by atoms with Gasteiger partial charge in [0.25, 0.3) is 0 Å². The second kappa shape index (κ2) is 14.0. The van der Waals surface area contributed by atoms with E-state index in [-0.39, 0.29) is 24.0 Å². The molecule has 154 valence electrons. The highest BCUT2D eigenvalue weighted by atomic mass is 127. The summed E-state index contributed by atoms with van der Waals surface area (Å²) in [4.78, 5) is 13.8. The van der Waals surface area contributed by atoms with E-state index in [0.717, 1.165) is 57.6 Å². The molecule has 0 saturated carbocycles. The van der Waals surface area contributed by atoms with Crippen LogP contribution in [0.2, 0.25) is 0 Å². The van der Waals surface area contributed by atoms with Crippen LogP contribution in [-0.4, -0.2) is 62.2 Å². The van der Waals surface area contributed by atoms with Crippen LogP contribution in [0.4, 0.5) is 5.82 Å². The van der Waals surface area contributed by atoms with Crippen molar-refractivity contribution in [1.29, 1.82) is 0 Å². The molecule has 0 aliphatic carbocycles. The molecule has 2 N–H and O–H groups in total. The molecule has 6 nitrogen and oxygen atoms in total. The average molecular weight is 488 g/mol. The van der Waals surface area contributed by atoms with Gasteiger partial charge < -0.3 is 20.4 Å². The van der Waals surface area contributed by atoms with Gasteiger partial charge in [0.1, 0.15) is 5.82 Å². The van der Waals surface area contributed by atoms with Crippen LogP contribution in [0.5, 0.6) is 0 Å². The van der Waals surface area contributed by atoms with Crippen molar-refractivity contribution < 1.29 is 0 Å². The number of halogens is 1. The Morgan fingerprint density at radius 1 is 1.11 bits per heavy atom. The number of unbranched alkanes of at least 4 members (excludes halogenated alkanes) is 3. The lowest BCUT2D eigenvalue weighted by Gasteiger charge is -2.34. The van der Waals surface area contributed by atoms with E-state index in [2.05, 4.69) is 56.4 Å². The molecule has 1 saturated heterocycles. The summed E-state index contributed by atoms with van der Waals surface area (Å²) >= 11 is 0. The number of aromatic nitrogens is 1. The van der Waals surface area contributed by atoms with Gasteiger partial charge >= 0.3 is 0 Å². The van der Waals surface area contributed by atoms with Gasteiger partial charge in [0.15, 0.2) is 5.96 Å². The molecule has 2 heterocycles. The van der Waals surface area contributed by atoms with Gasteiger partial charge in [0.2, 0.25) is 0 Å². The molecule has 1 aliphatic rings. The second-order valence-corrected chi connectivity index (χ2v) is 6.86. The van der Waals surface area contributed by atoms with Gasteiger partial charge in [0.05, 0.1) is 0 Å². The van der Waals surface area contributed by atoms with Crippen LogP contribution in [0.1, 0.15) is 45.1 Å². The number of nitrogens with one attached hydrogen (secondary N) is 2. The molecule has 1 aromatic rings. The fourth-order valence-corrected chi connectivity index (χ4v) is 3.20. The zero-order valence-corrected chi connectivity index (χ0v) is 19.5. The number of rotatable bonds is 9. The molecular weight excluding hydrogens is 451 g/mol. The first kappa shape index (κ1) is 23.9. The van der Waals surface area contributed by atoms with Crippen molar-refractivity contribution in [2.24, 2.45) is 4.99 Å². The summed E-state index contributed by atoms with van der Waals surface area (Å²) in [6.07, 6.45) is 6.96. The van der Waals surface area contributed by atoms with E-state index in [9.17, 15) is 0 Å². The van der Waals surface area contributed by atoms with Crippen molar-refractivity contribution in [3.63, 3.8) is 0 Å². The summed E-state index contributed by atoms with van der Waals surface area (Å²) in [5.74, 6) is 1.96. The van der Waals surface area contributed by atoms with Crippen LogP contribution in [0.25, 0.3) is 0 Å². The molecule has 0 radical (unpaired) electrons. The quantitative estimate of drug-likeness (QED) is 0.242. The second-order valence-electron chi connectivity index (χ2n) is 6.86. The number of anilines is 1.